The predicted molar refractivity (Wildman–Crippen MR) is 441 cm³/mol. The number of amides is 2. The molecule has 0 saturated carbocycles. The zero-order valence-electron chi connectivity index (χ0n) is 66.3. The Kier molecular flexibility index (Phi) is 22.1. The van der Waals surface area contributed by atoms with Crippen molar-refractivity contribution in [2.75, 3.05) is 5.32 Å². The lowest BCUT2D eigenvalue weighted by Crippen LogP contribution is -2.52. The molecule has 0 spiro atoms. The Morgan fingerprint density at radius 1 is 0.417 bits per heavy atom. The fourth-order valence-electron chi connectivity index (χ4n) is 13.3. The number of aromatic nitrogens is 20. The highest BCUT2D eigenvalue weighted by molar-refractivity contribution is 6.06. The van der Waals surface area contributed by atoms with E-state index in [9.17, 15) is 40.3 Å². The number of rotatable bonds is 16. The quantitative estimate of drug-likeness (QED) is 0.0402. The second-order valence-corrected chi connectivity index (χ2v) is 31.8. The Morgan fingerprint density at radius 3 is 1.30 bits per heavy atom. The lowest BCUT2D eigenvalue weighted by atomic mass is 9.92. The molecule has 1 aliphatic rings. The molecular weight excluding hydrogens is 1550 g/mol. The monoisotopic (exact) mass is 1630 g/mol. The van der Waals surface area contributed by atoms with E-state index in [0.717, 1.165) is 149 Å². The summed E-state index contributed by atoms with van der Waals surface area (Å²) in [6, 6.07) is 50.7. The molecule has 0 radical (unpaired) electrons. The SMILES string of the molecule is CC(C)(C)Cc1nc(-c2ccc3[nH]nc(-c4ccc(F)cc4)c3c2)n[nH]1.CC(C)Cc1nc(-c2ccc3[nH]nc(-c4ccc(F)c(F)c4)c3c2)n[nH]1.CC(C)Cc1nc(-c2ccc3[nH]nc(-c4cccc(C(=O)NC(C)(C)C)c4)c3c2)n[nH]1.O=C(Nc1ccc2c(c1)OC(F)(F)C(F)(F)O2)c1cccc(-c2n[nH]c3ccc(-c4ncn[nH]4)cc23)c1. The van der Waals surface area contributed by atoms with Crippen LogP contribution in [0.3, 0.4) is 0 Å². The third-order valence-corrected chi connectivity index (χ3v) is 18.8. The Balaban J connectivity index is 0.000000126. The molecule has 9 heterocycles. The first-order valence-electron chi connectivity index (χ1n) is 38.2. The first-order chi connectivity index (χ1) is 57.3. The van der Waals surface area contributed by atoms with Gasteiger partial charge in [-0.25, -0.2) is 33.1 Å². The summed E-state index contributed by atoms with van der Waals surface area (Å²) in [6.45, 7) is 20.9. The number of H-pyrrole nitrogens is 8. The molecular formula is C87H79F7N22O4. The van der Waals surface area contributed by atoms with Gasteiger partial charge < -0.3 is 20.1 Å². The van der Waals surface area contributed by atoms with Gasteiger partial charge in [-0.15, -0.1) is 0 Å². The maximum atomic E-state index is 13.6. The van der Waals surface area contributed by atoms with Gasteiger partial charge in [0.1, 0.15) is 35.3 Å². The van der Waals surface area contributed by atoms with Gasteiger partial charge in [-0.05, 0) is 190 Å². The molecule has 0 fully saturated rings. The number of aromatic amines is 8. The van der Waals surface area contributed by atoms with Gasteiger partial charge in [-0.3, -0.25) is 50.4 Å². The van der Waals surface area contributed by atoms with Crippen molar-refractivity contribution < 1.29 is 49.8 Å². The maximum absolute atomic E-state index is 13.6. The van der Waals surface area contributed by atoms with Crippen molar-refractivity contribution in [3.63, 3.8) is 0 Å². The molecule has 610 valence electrons. The third-order valence-electron chi connectivity index (χ3n) is 18.8. The molecule has 18 rings (SSSR count). The molecule has 0 bridgehead atoms. The van der Waals surface area contributed by atoms with Crippen molar-refractivity contribution >= 4 is 61.1 Å². The van der Waals surface area contributed by atoms with Crippen LogP contribution in [-0.2, 0) is 19.3 Å². The summed E-state index contributed by atoms with van der Waals surface area (Å²) in [5.74, 6) is 2.17. The number of alkyl halides is 4. The van der Waals surface area contributed by atoms with E-state index < -0.39 is 41.3 Å². The summed E-state index contributed by atoms with van der Waals surface area (Å²) in [6.07, 6.45) is -5.78. The molecule has 9 aromatic carbocycles. The van der Waals surface area contributed by atoms with E-state index in [4.69, 9.17) is 0 Å². The third kappa shape index (κ3) is 18.2. The molecule has 17 aromatic rings. The largest absolute Gasteiger partial charge is 0.507 e. The van der Waals surface area contributed by atoms with Crippen LogP contribution < -0.4 is 20.1 Å². The van der Waals surface area contributed by atoms with Crippen LogP contribution >= 0.6 is 0 Å². The van der Waals surface area contributed by atoms with E-state index >= 15 is 0 Å². The number of hydrogen-bond donors (Lipinski definition) is 10. The fourth-order valence-corrected chi connectivity index (χ4v) is 13.3. The molecule has 26 nitrogen and oxygen atoms in total. The average molecular weight is 1630 g/mol. The van der Waals surface area contributed by atoms with Crippen molar-refractivity contribution in [2.45, 2.75) is 106 Å². The second-order valence-electron chi connectivity index (χ2n) is 31.8. The summed E-state index contributed by atoms with van der Waals surface area (Å²) in [5, 5.41) is 67.3. The van der Waals surface area contributed by atoms with Crippen LogP contribution in [0.2, 0.25) is 0 Å². The van der Waals surface area contributed by atoms with Crippen LogP contribution in [0.25, 0.3) is 134 Å². The second kappa shape index (κ2) is 32.9. The van der Waals surface area contributed by atoms with Gasteiger partial charge in [0.15, 0.2) is 46.4 Å². The normalized spacial score (nSPS) is 13.0. The Hall–Kier alpha value is -14.5. The van der Waals surface area contributed by atoms with Crippen LogP contribution in [0, 0.1) is 34.7 Å². The standard InChI is InChI=1S/C24H14F4N6O3.C24H28N6O.C20H20FN5.C19H17F2N5/c25-23(26)24(27,28)37-19-10-15(5-7-18(19)36-23)31-22(35)14-3-1-2-12(8-14)20-16-9-13(21-29-11-30-34-21)4-6-17(16)32-33-20;1-14(2)11-20-25-22(30-28-20)16-9-10-19-18(13-16)21(29-27-19)15-7-6-8-17(12-15)23(31)26-24(3,4)5;1-20(2,3)11-17-22-19(26-24-17)13-6-9-16-15(10-13)18(25-23-16)12-4-7-14(21)8-5-12;1-10(2)7-17-22-19(26-24-17)12-4-6-16-13(8-12)18(25-23-16)11-3-5-14(20)15(21)9-11/h1-11H,(H,31,35)(H,32,33)(H,29,30,34);6-10,12-14H,11H2,1-5H3,(H,26,31)(H,27,29)(H,25,28,30);4-10H,11H2,1-3H3,(H,23,25)(H,22,24,26);3-6,8-10H,7H2,1-2H3,(H,23,25)(H,22,24,26). The van der Waals surface area contributed by atoms with E-state index in [1.54, 1.807) is 36.4 Å². The van der Waals surface area contributed by atoms with Gasteiger partial charge in [-0.2, -0.15) is 58.4 Å². The van der Waals surface area contributed by atoms with Crippen LogP contribution in [0.15, 0.2) is 188 Å². The molecule has 0 aliphatic carbocycles. The smallest absolute Gasteiger partial charge is 0.421 e. The number of anilines is 1. The van der Waals surface area contributed by atoms with Gasteiger partial charge >= 0.3 is 12.2 Å². The van der Waals surface area contributed by atoms with Crippen molar-refractivity contribution in [2.24, 2.45) is 17.3 Å². The summed E-state index contributed by atoms with van der Waals surface area (Å²) < 4.78 is 102. The number of nitrogens with zero attached hydrogens (tertiary/aromatic N) is 12. The summed E-state index contributed by atoms with van der Waals surface area (Å²) >= 11 is 0. The number of benzene rings is 9. The van der Waals surface area contributed by atoms with E-state index in [-0.39, 0.29) is 33.9 Å². The number of ether oxygens (including phenoxy) is 2. The fraction of sp³-hybridized carbons (Fsp3) is 0.218. The van der Waals surface area contributed by atoms with Crippen molar-refractivity contribution in [3.05, 3.63) is 234 Å². The molecule has 33 heteroatoms. The van der Waals surface area contributed by atoms with E-state index in [2.05, 4.69) is 170 Å². The highest BCUT2D eigenvalue weighted by atomic mass is 19.3. The highest BCUT2D eigenvalue weighted by Crippen LogP contribution is 2.48. The Bertz CT molecular complexity index is 6580. The Morgan fingerprint density at radius 2 is 0.842 bits per heavy atom. The van der Waals surface area contributed by atoms with Gasteiger partial charge in [-0.1, -0.05) is 72.7 Å². The lowest BCUT2D eigenvalue weighted by Gasteiger charge is -2.31. The van der Waals surface area contributed by atoms with Crippen LogP contribution in [0.5, 0.6) is 11.5 Å². The zero-order chi connectivity index (χ0) is 84.5. The number of carbonyl (C=O) groups excluding carboxylic acids is 2. The number of fused-ring (bicyclic) bond motifs is 5. The van der Waals surface area contributed by atoms with Crippen molar-refractivity contribution in [1.82, 2.24) is 107 Å². The molecule has 0 saturated heterocycles. The topological polar surface area (TPSA) is 358 Å². The molecule has 8 aromatic heterocycles. The first kappa shape index (κ1) is 80.6. The maximum Gasteiger partial charge on any atom is 0.507 e. The first-order valence-corrected chi connectivity index (χ1v) is 38.2. The molecule has 0 atom stereocenters. The molecule has 120 heavy (non-hydrogen) atoms. The number of halogens is 7. The Labute approximate surface area is 679 Å². The molecule has 1 aliphatic heterocycles. The van der Waals surface area contributed by atoms with Gasteiger partial charge in [0.2, 0.25) is 0 Å². The minimum Gasteiger partial charge on any atom is -0.421 e. The summed E-state index contributed by atoms with van der Waals surface area (Å²) in [5.41, 5.74) is 13.2. The minimum atomic E-state index is -4.86. The number of carbonyl (C=O) groups is 2. The number of hydrogen-bond acceptors (Lipinski definition) is 16. The lowest BCUT2D eigenvalue weighted by molar-refractivity contribution is -0.391. The van der Waals surface area contributed by atoms with Crippen molar-refractivity contribution in [3.8, 4) is 102 Å². The average Bonchev–Trinajstić information content (AvgIpc) is 1.31. The molecule has 2 amide bonds. The van der Waals surface area contributed by atoms with E-state index in [0.29, 0.717) is 63.2 Å². The van der Waals surface area contributed by atoms with Gasteiger partial charge in [0.25, 0.3) is 11.8 Å². The zero-order valence-corrected chi connectivity index (χ0v) is 66.3. The van der Waals surface area contributed by atoms with Crippen LogP contribution in [0.4, 0.5) is 36.4 Å². The van der Waals surface area contributed by atoms with E-state index in [1.165, 1.54) is 30.6 Å². The van der Waals surface area contributed by atoms with Crippen molar-refractivity contribution in [1.29, 1.82) is 0 Å². The van der Waals surface area contributed by atoms with Gasteiger partial charge in [0, 0.05) is 114 Å². The van der Waals surface area contributed by atoms with Crippen LogP contribution in [-0.4, -0.2) is 131 Å². The summed E-state index contributed by atoms with van der Waals surface area (Å²) in [4.78, 5) is 43.5. The summed E-state index contributed by atoms with van der Waals surface area (Å²) in [7, 11) is 0. The highest BCUT2D eigenvalue weighted by Gasteiger charge is 2.66. The predicted octanol–water partition coefficient (Wildman–Crippen LogP) is 19.2. The molecule has 0 unspecified atom stereocenters. The van der Waals surface area contributed by atoms with Crippen LogP contribution in [0.1, 0.15) is 107 Å². The van der Waals surface area contributed by atoms with E-state index in [1.807, 2.05) is 118 Å². The minimum absolute atomic E-state index is 0.0423. The van der Waals surface area contributed by atoms with Gasteiger partial charge in [0.05, 0.1) is 39.1 Å². The molecule has 10 N–H and O–H groups in total. The number of nitrogens with one attached hydrogen (secondary N) is 10.